The number of sulfonamides is 1. The summed E-state index contributed by atoms with van der Waals surface area (Å²) in [5, 5.41) is 8.70. The third-order valence-electron chi connectivity index (χ3n) is 3.77. The molecule has 22 heavy (non-hydrogen) atoms. The average Bonchev–Trinajstić information content (AvgIpc) is 2.96. The van der Waals surface area contributed by atoms with Gasteiger partial charge in [0.25, 0.3) is 0 Å². The van der Waals surface area contributed by atoms with E-state index in [9.17, 15) is 17.6 Å². The summed E-state index contributed by atoms with van der Waals surface area (Å²) >= 11 is 0. The van der Waals surface area contributed by atoms with Gasteiger partial charge in [-0.25, -0.2) is 17.6 Å². The van der Waals surface area contributed by atoms with Crippen LogP contribution in [-0.4, -0.2) is 50.2 Å². The number of carboxylic acids is 1. The minimum atomic E-state index is -3.85. The number of halogens is 1. The van der Waals surface area contributed by atoms with E-state index in [4.69, 9.17) is 9.84 Å². The molecule has 6 nitrogen and oxygen atoms in total. The van der Waals surface area contributed by atoms with Gasteiger partial charge in [-0.05, 0) is 31.0 Å². The second-order valence-corrected chi connectivity index (χ2v) is 7.21. The highest BCUT2D eigenvalue weighted by Gasteiger charge is 2.39. The van der Waals surface area contributed by atoms with Crippen LogP contribution in [0.1, 0.15) is 12.0 Å². The van der Waals surface area contributed by atoms with E-state index in [1.54, 1.807) is 19.1 Å². The molecule has 1 N–H and O–H groups in total. The number of nitrogens with zero attached hydrogens (tertiary/aromatic N) is 1. The molecule has 1 aromatic carbocycles. The summed E-state index contributed by atoms with van der Waals surface area (Å²) in [7, 11) is -2.47. The third-order valence-corrected chi connectivity index (χ3v) is 5.66. The fourth-order valence-corrected chi connectivity index (χ4v) is 4.29. The fraction of sp³-hybridized carbons (Fsp3) is 0.500. The lowest BCUT2D eigenvalue weighted by Gasteiger charge is -2.19. The monoisotopic (exact) mass is 331 g/mol. The number of methoxy groups -OCH3 is 1. The summed E-state index contributed by atoms with van der Waals surface area (Å²) < 4.78 is 45.1. The molecule has 2 atom stereocenters. The van der Waals surface area contributed by atoms with Gasteiger partial charge in [-0.15, -0.1) is 0 Å². The van der Waals surface area contributed by atoms with Crippen LogP contribution in [-0.2, 0) is 14.8 Å². The average molecular weight is 331 g/mol. The van der Waals surface area contributed by atoms with Gasteiger partial charge in [0.05, 0.1) is 7.11 Å². The summed E-state index contributed by atoms with van der Waals surface area (Å²) in [6.07, 6.45) is -1.87. The van der Waals surface area contributed by atoms with Crippen molar-refractivity contribution in [2.45, 2.75) is 24.4 Å². The maximum atomic E-state index is 13.6. The Morgan fingerprint density at radius 2 is 2.18 bits per heavy atom. The van der Waals surface area contributed by atoms with E-state index in [1.807, 2.05) is 0 Å². The summed E-state index contributed by atoms with van der Waals surface area (Å²) in [6.45, 7) is 1.71. The summed E-state index contributed by atoms with van der Waals surface area (Å²) in [5.41, 5.74) is 0.754. The molecule has 0 saturated carbocycles. The standard InChI is InChI=1S/C14H18FNO5S/c1-9-3-4-11(21-2)12(7-9)22(19,20)16-6-5-10(8-16)13(15)14(17)18/h3-4,7,10,13H,5-6,8H2,1-2H3,(H,17,18). The molecule has 1 heterocycles. The summed E-state index contributed by atoms with van der Waals surface area (Å²) in [4.78, 5) is 10.7. The van der Waals surface area contributed by atoms with Crippen LogP contribution in [0.2, 0.25) is 0 Å². The number of aryl methyl sites for hydroxylation is 1. The highest BCUT2D eigenvalue weighted by atomic mass is 32.2. The number of carbonyl (C=O) groups is 1. The van der Waals surface area contributed by atoms with Gasteiger partial charge in [0, 0.05) is 19.0 Å². The minimum absolute atomic E-state index is 0.0152. The molecular formula is C14H18FNO5S. The van der Waals surface area contributed by atoms with Crippen molar-refractivity contribution in [3.63, 3.8) is 0 Å². The molecule has 1 aromatic rings. The SMILES string of the molecule is COc1ccc(C)cc1S(=O)(=O)N1CCC(C(F)C(=O)O)C1. The van der Waals surface area contributed by atoms with Crippen LogP contribution in [0.5, 0.6) is 5.75 Å². The Morgan fingerprint density at radius 1 is 1.50 bits per heavy atom. The van der Waals surface area contributed by atoms with Crippen molar-refractivity contribution in [3.8, 4) is 5.75 Å². The second-order valence-electron chi connectivity index (χ2n) is 5.31. The van der Waals surface area contributed by atoms with Gasteiger partial charge in [-0.1, -0.05) is 6.07 Å². The van der Waals surface area contributed by atoms with Crippen LogP contribution in [0.4, 0.5) is 4.39 Å². The minimum Gasteiger partial charge on any atom is -0.495 e. The van der Waals surface area contributed by atoms with Crippen molar-refractivity contribution in [1.82, 2.24) is 4.31 Å². The Bertz CT molecular complexity index is 676. The van der Waals surface area contributed by atoms with Crippen molar-refractivity contribution in [2.75, 3.05) is 20.2 Å². The van der Waals surface area contributed by atoms with E-state index >= 15 is 0 Å². The van der Waals surface area contributed by atoms with Crippen LogP contribution >= 0.6 is 0 Å². The third kappa shape index (κ3) is 3.07. The van der Waals surface area contributed by atoms with Crippen molar-refractivity contribution < 1.29 is 27.4 Å². The van der Waals surface area contributed by atoms with E-state index in [1.165, 1.54) is 13.2 Å². The first-order valence-electron chi connectivity index (χ1n) is 6.79. The molecule has 122 valence electrons. The molecule has 0 spiro atoms. The van der Waals surface area contributed by atoms with Gasteiger partial charge in [-0.3, -0.25) is 0 Å². The van der Waals surface area contributed by atoms with Gasteiger partial charge >= 0.3 is 5.97 Å². The predicted molar refractivity (Wildman–Crippen MR) is 77.1 cm³/mol. The van der Waals surface area contributed by atoms with Crippen LogP contribution < -0.4 is 4.74 Å². The predicted octanol–water partition coefficient (Wildman–Crippen LogP) is 1.44. The Balaban J connectivity index is 2.29. The number of carboxylic acid groups (broad SMARTS) is 1. The maximum absolute atomic E-state index is 13.6. The summed E-state index contributed by atoms with van der Waals surface area (Å²) in [6, 6.07) is 4.78. The number of hydrogen-bond acceptors (Lipinski definition) is 4. The summed E-state index contributed by atoms with van der Waals surface area (Å²) in [5.74, 6) is -2.18. The first kappa shape index (κ1) is 16.7. The Hall–Kier alpha value is -1.67. The number of benzene rings is 1. The van der Waals surface area contributed by atoms with Crippen molar-refractivity contribution in [3.05, 3.63) is 23.8 Å². The molecule has 1 fully saturated rings. The van der Waals surface area contributed by atoms with Crippen molar-refractivity contribution in [2.24, 2.45) is 5.92 Å². The molecule has 8 heteroatoms. The number of ether oxygens (including phenoxy) is 1. The van der Waals surface area contributed by atoms with Gasteiger partial charge in [0.2, 0.25) is 16.2 Å². The molecular weight excluding hydrogens is 313 g/mol. The van der Waals surface area contributed by atoms with Gasteiger partial charge in [-0.2, -0.15) is 4.31 Å². The van der Waals surface area contributed by atoms with Gasteiger partial charge in [0.1, 0.15) is 10.6 Å². The zero-order chi connectivity index (χ0) is 16.5. The highest BCUT2D eigenvalue weighted by Crippen LogP contribution is 2.32. The van der Waals surface area contributed by atoms with Gasteiger partial charge in [0.15, 0.2) is 0 Å². The van der Waals surface area contributed by atoms with Crippen molar-refractivity contribution >= 4 is 16.0 Å². The molecule has 0 bridgehead atoms. The van der Waals surface area contributed by atoms with Crippen molar-refractivity contribution in [1.29, 1.82) is 0 Å². The maximum Gasteiger partial charge on any atom is 0.338 e. The first-order chi connectivity index (χ1) is 10.3. The molecule has 0 aliphatic carbocycles. The lowest BCUT2D eigenvalue weighted by molar-refractivity contribution is -0.144. The molecule has 2 rings (SSSR count). The first-order valence-corrected chi connectivity index (χ1v) is 8.23. The Morgan fingerprint density at radius 3 is 2.77 bits per heavy atom. The lowest BCUT2D eigenvalue weighted by Crippen LogP contribution is -2.32. The molecule has 1 saturated heterocycles. The molecule has 0 radical (unpaired) electrons. The molecule has 0 amide bonds. The quantitative estimate of drug-likeness (QED) is 0.882. The number of aliphatic carboxylic acids is 1. The van der Waals surface area contributed by atoms with E-state index in [0.29, 0.717) is 0 Å². The normalized spacial score (nSPS) is 20.8. The Labute approximate surface area is 128 Å². The number of alkyl halides is 1. The van der Waals surface area contributed by atoms with E-state index in [0.717, 1.165) is 9.87 Å². The highest BCUT2D eigenvalue weighted by molar-refractivity contribution is 7.89. The van der Waals surface area contributed by atoms with Crippen LogP contribution in [0, 0.1) is 12.8 Å². The van der Waals surface area contributed by atoms with Crippen LogP contribution in [0.15, 0.2) is 23.1 Å². The largest absolute Gasteiger partial charge is 0.495 e. The van der Waals surface area contributed by atoms with Crippen LogP contribution in [0.25, 0.3) is 0 Å². The molecule has 1 aliphatic rings. The topological polar surface area (TPSA) is 83.9 Å². The lowest BCUT2D eigenvalue weighted by atomic mass is 10.0. The number of hydrogen-bond donors (Lipinski definition) is 1. The molecule has 2 unspecified atom stereocenters. The van der Waals surface area contributed by atoms with Gasteiger partial charge < -0.3 is 9.84 Å². The fourth-order valence-electron chi connectivity index (χ4n) is 2.54. The number of rotatable bonds is 5. The molecule has 1 aliphatic heterocycles. The zero-order valence-corrected chi connectivity index (χ0v) is 13.1. The zero-order valence-electron chi connectivity index (χ0n) is 12.3. The van der Waals surface area contributed by atoms with E-state index in [2.05, 4.69) is 0 Å². The smallest absolute Gasteiger partial charge is 0.338 e. The Kier molecular flexibility index (Phi) is 4.72. The molecule has 0 aromatic heterocycles. The van der Waals surface area contributed by atoms with E-state index < -0.39 is 28.1 Å². The second kappa shape index (κ2) is 6.21. The van der Waals surface area contributed by atoms with E-state index in [-0.39, 0.29) is 30.2 Å². The van der Waals surface area contributed by atoms with Crippen LogP contribution in [0.3, 0.4) is 0 Å².